The first-order chi connectivity index (χ1) is 9.67. The summed E-state index contributed by atoms with van der Waals surface area (Å²) in [5.41, 5.74) is 6.07. The Bertz CT molecular complexity index is 747. The van der Waals surface area contributed by atoms with E-state index >= 15 is 0 Å². The van der Waals surface area contributed by atoms with Crippen molar-refractivity contribution >= 4 is 31.5 Å². The molecule has 0 amide bonds. The van der Waals surface area contributed by atoms with Crippen molar-refractivity contribution in [1.82, 2.24) is 4.31 Å². The van der Waals surface area contributed by atoms with Crippen LogP contribution in [0.1, 0.15) is 12.5 Å². The molecule has 1 unspecified atom stereocenters. The standard InChI is InChI=1S/C12H17ClN2O4S2/c1-9-8-20(16,17)5-4-15(9)21(18,19)11-2-3-12(13)10(6-11)7-14/h2-3,6,9H,4-5,7-8,14H2,1H3. The third-order valence-electron chi connectivity index (χ3n) is 3.45. The fraction of sp³-hybridized carbons (Fsp3) is 0.500. The molecule has 0 saturated carbocycles. The van der Waals surface area contributed by atoms with E-state index in [1.54, 1.807) is 6.92 Å². The molecule has 1 aromatic carbocycles. The van der Waals surface area contributed by atoms with Crippen LogP contribution < -0.4 is 5.73 Å². The Morgan fingerprint density at radius 3 is 2.67 bits per heavy atom. The average molecular weight is 353 g/mol. The van der Waals surface area contributed by atoms with Gasteiger partial charge in [-0.25, -0.2) is 16.8 Å². The van der Waals surface area contributed by atoms with Gasteiger partial charge in [0.15, 0.2) is 9.84 Å². The molecule has 6 nitrogen and oxygen atoms in total. The number of sulfonamides is 1. The molecular weight excluding hydrogens is 336 g/mol. The minimum Gasteiger partial charge on any atom is -0.326 e. The minimum atomic E-state index is -3.76. The maximum Gasteiger partial charge on any atom is 0.243 e. The lowest BCUT2D eigenvalue weighted by Gasteiger charge is -2.32. The summed E-state index contributed by atoms with van der Waals surface area (Å²) in [6, 6.07) is 3.74. The highest BCUT2D eigenvalue weighted by atomic mass is 35.5. The van der Waals surface area contributed by atoms with Crippen LogP contribution >= 0.6 is 11.6 Å². The summed E-state index contributed by atoms with van der Waals surface area (Å²) in [7, 11) is -6.93. The van der Waals surface area contributed by atoms with Crippen LogP contribution in [0, 0.1) is 0 Å². The van der Waals surface area contributed by atoms with E-state index < -0.39 is 25.9 Å². The Labute approximate surface area is 129 Å². The zero-order valence-electron chi connectivity index (χ0n) is 11.5. The number of halogens is 1. The van der Waals surface area contributed by atoms with Gasteiger partial charge in [-0.15, -0.1) is 0 Å². The Balaban J connectivity index is 2.39. The molecule has 0 aromatic heterocycles. The van der Waals surface area contributed by atoms with Crippen LogP contribution in [0.25, 0.3) is 0 Å². The molecule has 21 heavy (non-hydrogen) atoms. The SMILES string of the molecule is CC1CS(=O)(=O)CCN1S(=O)(=O)c1ccc(Cl)c(CN)c1. The molecule has 2 N–H and O–H groups in total. The Morgan fingerprint density at radius 1 is 1.43 bits per heavy atom. The van der Waals surface area contributed by atoms with Gasteiger partial charge in [-0.05, 0) is 30.7 Å². The second-order valence-corrected chi connectivity index (χ2v) is 9.56. The molecule has 1 aliphatic rings. The third kappa shape index (κ3) is 3.40. The molecule has 0 spiro atoms. The lowest BCUT2D eigenvalue weighted by Crippen LogP contribution is -2.49. The molecule has 0 bridgehead atoms. The highest BCUT2D eigenvalue weighted by molar-refractivity contribution is 7.92. The predicted octanol–water partition coefficient (Wildman–Crippen LogP) is 0.606. The number of rotatable bonds is 3. The highest BCUT2D eigenvalue weighted by Gasteiger charge is 2.36. The van der Waals surface area contributed by atoms with Crippen molar-refractivity contribution in [3.63, 3.8) is 0 Å². The Morgan fingerprint density at radius 2 is 2.10 bits per heavy atom. The maximum absolute atomic E-state index is 12.6. The first kappa shape index (κ1) is 16.7. The first-order valence-corrected chi connectivity index (χ1v) is 10.0. The highest BCUT2D eigenvalue weighted by Crippen LogP contribution is 2.25. The second-order valence-electron chi connectivity index (χ2n) is 5.04. The smallest absolute Gasteiger partial charge is 0.243 e. The molecule has 1 fully saturated rings. The van der Waals surface area contributed by atoms with Gasteiger partial charge in [-0.1, -0.05) is 11.6 Å². The van der Waals surface area contributed by atoms with Gasteiger partial charge < -0.3 is 5.73 Å². The fourth-order valence-corrected chi connectivity index (χ4v) is 5.99. The molecule has 118 valence electrons. The van der Waals surface area contributed by atoms with E-state index in [9.17, 15) is 16.8 Å². The first-order valence-electron chi connectivity index (χ1n) is 6.38. The number of hydrogen-bond donors (Lipinski definition) is 1. The largest absolute Gasteiger partial charge is 0.326 e. The zero-order chi connectivity index (χ0) is 15.8. The number of benzene rings is 1. The van der Waals surface area contributed by atoms with Gasteiger partial charge >= 0.3 is 0 Å². The molecule has 1 aliphatic heterocycles. The minimum absolute atomic E-state index is 0.0353. The summed E-state index contributed by atoms with van der Waals surface area (Å²) in [5.74, 6) is -0.322. The quantitative estimate of drug-likeness (QED) is 0.859. The van der Waals surface area contributed by atoms with Gasteiger partial charge in [0.2, 0.25) is 10.0 Å². The average Bonchev–Trinajstić information content (AvgIpc) is 2.37. The van der Waals surface area contributed by atoms with Crippen molar-refractivity contribution in [1.29, 1.82) is 0 Å². The summed E-state index contributed by atoms with van der Waals surface area (Å²) >= 11 is 5.93. The van der Waals surface area contributed by atoms with Gasteiger partial charge in [0.1, 0.15) is 0 Å². The zero-order valence-corrected chi connectivity index (χ0v) is 13.9. The van der Waals surface area contributed by atoms with E-state index in [-0.39, 0.29) is 29.5 Å². The van der Waals surface area contributed by atoms with Crippen molar-refractivity contribution in [3.05, 3.63) is 28.8 Å². The van der Waals surface area contributed by atoms with Gasteiger partial charge in [0.25, 0.3) is 0 Å². The maximum atomic E-state index is 12.6. The van der Waals surface area contributed by atoms with E-state index in [1.807, 2.05) is 0 Å². The van der Waals surface area contributed by atoms with Crippen molar-refractivity contribution in [2.45, 2.75) is 24.4 Å². The number of hydrogen-bond acceptors (Lipinski definition) is 5. The lowest BCUT2D eigenvalue weighted by atomic mass is 10.2. The summed E-state index contributed by atoms with van der Waals surface area (Å²) in [6.07, 6.45) is 0. The van der Waals surface area contributed by atoms with E-state index in [0.717, 1.165) is 0 Å². The van der Waals surface area contributed by atoms with E-state index in [2.05, 4.69) is 0 Å². The van der Waals surface area contributed by atoms with Crippen LogP contribution in [0.4, 0.5) is 0 Å². The van der Waals surface area contributed by atoms with Crippen LogP contribution in [0.2, 0.25) is 5.02 Å². The van der Waals surface area contributed by atoms with E-state index in [0.29, 0.717) is 10.6 Å². The molecule has 0 radical (unpaired) electrons. The second kappa shape index (κ2) is 5.85. The molecule has 1 atom stereocenters. The Hall–Kier alpha value is -0.670. The molecule has 0 aliphatic carbocycles. The molecule has 9 heteroatoms. The van der Waals surface area contributed by atoms with Crippen LogP contribution in [-0.2, 0) is 26.4 Å². The van der Waals surface area contributed by atoms with Crippen LogP contribution in [0.15, 0.2) is 23.1 Å². The number of nitrogens with zero attached hydrogens (tertiary/aromatic N) is 1. The van der Waals surface area contributed by atoms with Crippen molar-refractivity contribution in [2.75, 3.05) is 18.1 Å². The molecular formula is C12H17ClN2O4S2. The summed E-state index contributed by atoms with van der Waals surface area (Å²) in [5, 5.41) is 0.408. The third-order valence-corrected chi connectivity index (χ3v) is 7.63. The summed E-state index contributed by atoms with van der Waals surface area (Å²) in [6.45, 7) is 1.69. The van der Waals surface area contributed by atoms with Crippen molar-refractivity contribution in [2.24, 2.45) is 5.73 Å². The van der Waals surface area contributed by atoms with Gasteiger partial charge in [0.05, 0.1) is 16.4 Å². The number of sulfone groups is 1. The van der Waals surface area contributed by atoms with Crippen molar-refractivity contribution in [3.8, 4) is 0 Å². The van der Waals surface area contributed by atoms with Gasteiger partial charge in [0, 0.05) is 24.2 Å². The van der Waals surface area contributed by atoms with Crippen LogP contribution in [0.5, 0.6) is 0 Å². The lowest BCUT2D eigenvalue weighted by molar-refractivity contribution is 0.357. The van der Waals surface area contributed by atoms with Gasteiger partial charge in [-0.3, -0.25) is 0 Å². The van der Waals surface area contributed by atoms with E-state index in [1.165, 1.54) is 22.5 Å². The topological polar surface area (TPSA) is 97.5 Å². The van der Waals surface area contributed by atoms with Gasteiger partial charge in [-0.2, -0.15) is 4.31 Å². The predicted molar refractivity (Wildman–Crippen MR) is 81.4 cm³/mol. The molecule has 1 heterocycles. The summed E-state index contributed by atoms with van der Waals surface area (Å²) in [4.78, 5) is 0.0819. The normalized spacial score (nSPS) is 23.1. The fourth-order valence-electron chi connectivity index (χ4n) is 2.34. The summed E-state index contributed by atoms with van der Waals surface area (Å²) < 4.78 is 49.6. The molecule has 1 saturated heterocycles. The van der Waals surface area contributed by atoms with Crippen LogP contribution in [-0.4, -0.2) is 45.2 Å². The van der Waals surface area contributed by atoms with Crippen LogP contribution in [0.3, 0.4) is 0 Å². The number of nitrogens with two attached hydrogens (primary N) is 1. The van der Waals surface area contributed by atoms with Crippen molar-refractivity contribution < 1.29 is 16.8 Å². The Kier molecular flexibility index (Phi) is 4.65. The molecule has 2 rings (SSSR count). The monoisotopic (exact) mass is 352 g/mol. The van der Waals surface area contributed by atoms with E-state index in [4.69, 9.17) is 17.3 Å². The molecule has 1 aromatic rings.